The highest BCUT2D eigenvalue weighted by atomic mass is 16.5. The monoisotopic (exact) mass is 263 g/mol. The summed E-state index contributed by atoms with van der Waals surface area (Å²) < 4.78 is 5.63. The number of carbonyl (C=O) groups excluding carboxylic acids is 1. The summed E-state index contributed by atoms with van der Waals surface area (Å²) in [6, 6.07) is 10.2. The van der Waals surface area contributed by atoms with Gasteiger partial charge in [-0.3, -0.25) is 4.79 Å². The molecule has 106 valence electrons. The highest BCUT2D eigenvalue weighted by Crippen LogP contribution is 2.20. The number of rotatable bonds is 8. The Hall–Kier alpha value is -1.35. The first-order valence-corrected chi connectivity index (χ1v) is 6.93. The molecule has 1 aromatic rings. The van der Waals surface area contributed by atoms with E-state index in [0.717, 1.165) is 6.42 Å². The zero-order valence-corrected chi connectivity index (χ0v) is 12.1. The van der Waals surface area contributed by atoms with Crippen LogP contribution in [0, 0.1) is 17.8 Å². The fraction of sp³-hybridized carbons (Fsp3) is 0.562. The summed E-state index contributed by atoms with van der Waals surface area (Å²) in [5.74, 6) is 0.209. The lowest BCUT2D eigenvalue weighted by molar-refractivity contribution is -0.126. The lowest BCUT2D eigenvalue weighted by Gasteiger charge is -2.24. The maximum atomic E-state index is 11.5. The van der Waals surface area contributed by atoms with Crippen LogP contribution in [-0.2, 0) is 16.0 Å². The molecule has 1 rings (SSSR count). The van der Waals surface area contributed by atoms with Crippen LogP contribution in [0.3, 0.4) is 0 Å². The van der Waals surface area contributed by atoms with E-state index in [4.69, 9.17) is 10.5 Å². The second kappa shape index (κ2) is 7.95. The van der Waals surface area contributed by atoms with Crippen molar-refractivity contribution in [2.24, 2.45) is 23.5 Å². The lowest BCUT2D eigenvalue weighted by Crippen LogP contribution is -2.34. The summed E-state index contributed by atoms with van der Waals surface area (Å²) in [4.78, 5) is 11.5. The van der Waals surface area contributed by atoms with Gasteiger partial charge in [-0.1, -0.05) is 51.1 Å². The van der Waals surface area contributed by atoms with Gasteiger partial charge in [0.25, 0.3) is 0 Å². The van der Waals surface area contributed by atoms with Crippen molar-refractivity contribution in [3.8, 4) is 0 Å². The van der Waals surface area contributed by atoms with Crippen LogP contribution in [0.25, 0.3) is 0 Å². The summed E-state index contributed by atoms with van der Waals surface area (Å²) in [7, 11) is 0. The molecule has 1 amide bonds. The molecule has 19 heavy (non-hydrogen) atoms. The Morgan fingerprint density at radius 2 is 1.84 bits per heavy atom. The van der Waals surface area contributed by atoms with Gasteiger partial charge in [-0.25, -0.2) is 0 Å². The van der Waals surface area contributed by atoms with Crippen LogP contribution in [0.15, 0.2) is 30.3 Å². The maximum Gasteiger partial charge on any atom is 0.223 e. The van der Waals surface area contributed by atoms with Gasteiger partial charge >= 0.3 is 0 Å². The number of hydrogen-bond acceptors (Lipinski definition) is 2. The second-order valence-electron chi connectivity index (χ2n) is 5.42. The first-order valence-electron chi connectivity index (χ1n) is 6.93. The van der Waals surface area contributed by atoms with E-state index in [0.29, 0.717) is 19.1 Å². The Bertz CT molecular complexity index is 376. The Labute approximate surface area is 116 Å². The summed E-state index contributed by atoms with van der Waals surface area (Å²) in [5, 5.41) is 0. The zero-order chi connectivity index (χ0) is 14.3. The number of primary amides is 1. The normalized spacial score (nSPS) is 14.3. The van der Waals surface area contributed by atoms with E-state index in [1.807, 2.05) is 18.2 Å². The van der Waals surface area contributed by atoms with Crippen molar-refractivity contribution in [2.75, 3.05) is 13.2 Å². The zero-order valence-electron chi connectivity index (χ0n) is 12.1. The second-order valence-corrected chi connectivity index (χ2v) is 5.42. The molecule has 0 aliphatic carbocycles. The molecule has 0 saturated heterocycles. The van der Waals surface area contributed by atoms with E-state index >= 15 is 0 Å². The number of ether oxygens (including phenoxy) is 1. The van der Waals surface area contributed by atoms with Gasteiger partial charge in [0.2, 0.25) is 5.91 Å². The lowest BCUT2D eigenvalue weighted by atomic mass is 9.85. The summed E-state index contributed by atoms with van der Waals surface area (Å²) in [6.07, 6.45) is 0.863. The van der Waals surface area contributed by atoms with Gasteiger partial charge in [0, 0.05) is 0 Å². The van der Waals surface area contributed by atoms with E-state index < -0.39 is 0 Å². The summed E-state index contributed by atoms with van der Waals surface area (Å²) in [5.41, 5.74) is 6.70. The molecular formula is C16H25NO2. The topological polar surface area (TPSA) is 52.3 Å². The van der Waals surface area contributed by atoms with Gasteiger partial charge in [-0.2, -0.15) is 0 Å². The number of carbonyl (C=O) groups is 1. The third kappa shape index (κ3) is 5.43. The predicted octanol–water partition coefficient (Wildman–Crippen LogP) is 2.64. The van der Waals surface area contributed by atoms with Crippen LogP contribution in [0.1, 0.15) is 26.3 Å². The van der Waals surface area contributed by atoms with E-state index in [-0.39, 0.29) is 17.7 Å². The molecule has 2 N–H and O–H groups in total. The average Bonchev–Trinajstić information content (AvgIpc) is 2.38. The predicted molar refractivity (Wildman–Crippen MR) is 77.7 cm³/mol. The fourth-order valence-electron chi connectivity index (χ4n) is 2.00. The highest BCUT2D eigenvalue weighted by molar-refractivity contribution is 5.77. The van der Waals surface area contributed by atoms with Crippen molar-refractivity contribution in [1.82, 2.24) is 0 Å². The molecule has 3 nitrogen and oxygen atoms in total. The van der Waals surface area contributed by atoms with Crippen LogP contribution in [0.2, 0.25) is 0 Å². The van der Waals surface area contributed by atoms with Crippen molar-refractivity contribution in [2.45, 2.75) is 27.2 Å². The molecule has 2 unspecified atom stereocenters. The summed E-state index contributed by atoms with van der Waals surface area (Å²) >= 11 is 0. The van der Waals surface area contributed by atoms with Crippen LogP contribution >= 0.6 is 0 Å². The Morgan fingerprint density at radius 3 is 2.37 bits per heavy atom. The SMILES string of the molecule is CC(C)C(C)C(COCCc1ccccc1)C(N)=O. The Kier molecular flexibility index (Phi) is 6.57. The molecule has 0 spiro atoms. The molecule has 1 aromatic carbocycles. The molecule has 0 fully saturated rings. The molecule has 3 heteroatoms. The number of amides is 1. The van der Waals surface area contributed by atoms with Gasteiger partial charge in [0.15, 0.2) is 0 Å². The van der Waals surface area contributed by atoms with Crippen molar-refractivity contribution < 1.29 is 9.53 Å². The third-order valence-corrected chi connectivity index (χ3v) is 3.73. The van der Waals surface area contributed by atoms with Crippen LogP contribution in [-0.4, -0.2) is 19.1 Å². The van der Waals surface area contributed by atoms with Crippen LogP contribution in [0.4, 0.5) is 0 Å². The van der Waals surface area contributed by atoms with Crippen LogP contribution in [0.5, 0.6) is 0 Å². The molecular weight excluding hydrogens is 238 g/mol. The first kappa shape index (κ1) is 15.7. The fourth-order valence-corrected chi connectivity index (χ4v) is 2.00. The van der Waals surface area contributed by atoms with Crippen LogP contribution < -0.4 is 5.73 Å². The van der Waals surface area contributed by atoms with Gasteiger partial charge in [-0.15, -0.1) is 0 Å². The van der Waals surface area contributed by atoms with E-state index in [1.54, 1.807) is 0 Å². The molecule has 0 aliphatic heterocycles. The molecule has 0 aliphatic rings. The van der Waals surface area contributed by atoms with E-state index in [1.165, 1.54) is 5.56 Å². The largest absolute Gasteiger partial charge is 0.380 e. The molecule has 0 aromatic heterocycles. The minimum Gasteiger partial charge on any atom is -0.380 e. The number of nitrogens with two attached hydrogens (primary N) is 1. The van der Waals surface area contributed by atoms with Gasteiger partial charge in [0.05, 0.1) is 19.1 Å². The van der Waals surface area contributed by atoms with Crippen molar-refractivity contribution in [1.29, 1.82) is 0 Å². The smallest absolute Gasteiger partial charge is 0.223 e. The Morgan fingerprint density at radius 1 is 1.21 bits per heavy atom. The quantitative estimate of drug-likeness (QED) is 0.733. The standard InChI is InChI=1S/C16H25NO2/c1-12(2)13(3)15(16(17)18)11-19-10-9-14-7-5-4-6-8-14/h4-8,12-13,15H,9-11H2,1-3H3,(H2,17,18). The first-order chi connectivity index (χ1) is 9.02. The molecule has 0 radical (unpaired) electrons. The van der Waals surface area contributed by atoms with Gasteiger partial charge in [-0.05, 0) is 23.8 Å². The number of hydrogen-bond donors (Lipinski definition) is 1. The van der Waals surface area contributed by atoms with E-state index in [9.17, 15) is 4.79 Å². The molecule has 0 bridgehead atoms. The van der Waals surface area contributed by atoms with Crippen molar-refractivity contribution >= 4 is 5.91 Å². The van der Waals surface area contributed by atoms with Gasteiger partial charge in [0.1, 0.15) is 0 Å². The minimum atomic E-state index is -0.263. The average molecular weight is 263 g/mol. The maximum absolute atomic E-state index is 11.5. The Balaban J connectivity index is 2.35. The molecule has 0 heterocycles. The minimum absolute atomic E-state index is 0.198. The van der Waals surface area contributed by atoms with Crippen molar-refractivity contribution in [3.05, 3.63) is 35.9 Å². The number of benzene rings is 1. The molecule has 2 atom stereocenters. The van der Waals surface area contributed by atoms with E-state index in [2.05, 4.69) is 32.9 Å². The highest BCUT2D eigenvalue weighted by Gasteiger charge is 2.25. The molecule has 0 saturated carbocycles. The third-order valence-electron chi connectivity index (χ3n) is 3.73. The summed E-state index contributed by atoms with van der Waals surface area (Å²) in [6.45, 7) is 7.30. The van der Waals surface area contributed by atoms with Crippen molar-refractivity contribution in [3.63, 3.8) is 0 Å². The van der Waals surface area contributed by atoms with Gasteiger partial charge < -0.3 is 10.5 Å².